The number of H-pyrrole nitrogens is 2. The highest BCUT2D eigenvalue weighted by Crippen LogP contribution is 2.23. The number of rotatable bonds is 4. The maximum absolute atomic E-state index is 11.5. The first-order valence-corrected chi connectivity index (χ1v) is 11.5. The molecule has 0 bridgehead atoms. The molecule has 2 aliphatic heterocycles. The zero-order chi connectivity index (χ0) is 22.4. The van der Waals surface area contributed by atoms with Crippen LogP contribution in [0.5, 0.6) is 5.88 Å². The van der Waals surface area contributed by atoms with Crippen molar-refractivity contribution in [1.29, 1.82) is 0 Å². The van der Waals surface area contributed by atoms with Gasteiger partial charge in [-0.1, -0.05) is 0 Å². The van der Waals surface area contributed by atoms with E-state index in [1.807, 2.05) is 0 Å². The number of hydrogen-bond acceptors (Lipinski definition) is 9. The van der Waals surface area contributed by atoms with Crippen molar-refractivity contribution in [1.82, 2.24) is 34.4 Å². The van der Waals surface area contributed by atoms with Gasteiger partial charge in [-0.25, -0.2) is 9.79 Å². The molecule has 3 aliphatic rings. The van der Waals surface area contributed by atoms with Gasteiger partial charge in [-0.2, -0.15) is 19.6 Å². The van der Waals surface area contributed by atoms with Crippen molar-refractivity contribution >= 4 is 17.7 Å². The van der Waals surface area contributed by atoms with Crippen LogP contribution >= 0.6 is 0 Å². The average Bonchev–Trinajstić information content (AvgIpc) is 3.47. The SMILES string of the molecule is O=c1[nH]c(O)c(C=c2cnn3c(=NC4CC4)nc(N4CCC(N5CCOCC5)CC4)nc23)[nH]1. The molecule has 3 aromatic heterocycles. The van der Waals surface area contributed by atoms with Gasteiger partial charge in [0.2, 0.25) is 11.8 Å². The number of aromatic hydroxyl groups is 1. The number of nitrogens with one attached hydrogen (secondary N) is 2. The summed E-state index contributed by atoms with van der Waals surface area (Å²) >= 11 is 0. The van der Waals surface area contributed by atoms with Gasteiger partial charge in [0.1, 0.15) is 5.69 Å². The minimum Gasteiger partial charge on any atom is -0.493 e. The van der Waals surface area contributed by atoms with Gasteiger partial charge in [0.25, 0.3) is 5.62 Å². The van der Waals surface area contributed by atoms with Gasteiger partial charge in [-0.05, 0) is 31.8 Å². The number of anilines is 1. The zero-order valence-electron chi connectivity index (χ0n) is 18.3. The van der Waals surface area contributed by atoms with E-state index in [0.29, 0.717) is 28.5 Å². The number of ether oxygens (including phenoxy) is 1. The van der Waals surface area contributed by atoms with Crippen LogP contribution in [0.2, 0.25) is 0 Å². The third kappa shape index (κ3) is 4.11. The number of piperidine rings is 1. The molecule has 12 nitrogen and oxygen atoms in total. The fourth-order valence-electron chi connectivity index (χ4n) is 4.58. The van der Waals surface area contributed by atoms with Crippen LogP contribution < -0.4 is 21.4 Å². The maximum Gasteiger partial charge on any atom is 0.326 e. The Kier molecular flexibility index (Phi) is 5.10. The Labute approximate surface area is 188 Å². The van der Waals surface area contributed by atoms with Crippen LogP contribution in [0.4, 0.5) is 5.95 Å². The highest BCUT2D eigenvalue weighted by atomic mass is 16.5. The highest BCUT2D eigenvalue weighted by Gasteiger charge is 2.27. The van der Waals surface area contributed by atoms with E-state index in [1.54, 1.807) is 16.8 Å². The summed E-state index contributed by atoms with van der Waals surface area (Å²) in [6.45, 7) is 5.38. The lowest BCUT2D eigenvalue weighted by Gasteiger charge is -2.40. The second kappa shape index (κ2) is 8.27. The fraction of sp³-hybridized carbons (Fsp3) is 0.571. The predicted octanol–water partition coefficient (Wildman–Crippen LogP) is -1.24. The van der Waals surface area contributed by atoms with E-state index in [-0.39, 0.29) is 17.6 Å². The summed E-state index contributed by atoms with van der Waals surface area (Å²) in [5.74, 6) is 0.422. The number of aromatic nitrogens is 6. The van der Waals surface area contributed by atoms with Gasteiger partial charge >= 0.3 is 5.69 Å². The average molecular weight is 454 g/mol. The van der Waals surface area contributed by atoms with Crippen LogP contribution in [0.3, 0.4) is 0 Å². The Bertz CT molecular complexity index is 1330. The fourth-order valence-corrected chi connectivity index (χ4v) is 4.58. The number of imidazole rings is 1. The molecular formula is C21H27N9O3. The molecule has 3 fully saturated rings. The van der Waals surface area contributed by atoms with Crippen molar-refractivity contribution in [3.8, 4) is 5.88 Å². The Balaban J connectivity index is 1.35. The Hall–Kier alpha value is -3.25. The van der Waals surface area contributed by atoms with Crippen LogP contribution in [0.1, 0.15) is 31.4 Å². The van der Waals surface area contributed by atoms with Crippen LogP contribution in [-0.4, -0.2) is 91.0 Å². The van der Waals surface area contributed by atoms with E-state index in [9.17, 15) is 9.90 Å². The minimum absolute atomic E-state index is 0.221. The van der Waals surface area contributed by atoms with E-state index >= 15 is 0 Å². The normalized spacial score (nSPS) is 22.0. The largest absolute Gasteiger partial charge is 0.493 e. The number of aromatic amines is 2. The molecule has 33 heavy (non-hydrogen) atoms. The Morgan fingerprint density at radius 3 is 2.58 bits per heavy atom. The number of morpholine rings is 1. The molecule has 0 atom stereocenters. The molecule has 0 spiro atoms. The first kappa shape index (κ1) is 20.4. The second-order valence-corrected chi connectivity index (χ2v) is 8.87. The summed E-state index contributed by atoms with van der Waals surface area (Å²) in [4.78, 5) is 35.5. The van der Waals surface area contributed by atoms with E-state index in [4.69, 9.17) is 19.7 Å². The molecule has 0 unspecified atom stereocenters. The zero-order valence-corrected chi connectivity index (χ0v) is 18.3. The first-order valence-electron chi connectivity index (χ1n) is 11.5. The lowest BCUT2D eigenvalue weighted by Crippen LogP contribution is -2.49. The topological polar surface area (TPSA) is 140 Å². The van der Waals surface area contributed by atoms with E-state index in [1.165, 1.54) is 0 Å². The third-order valence-corrected chi connectivity index (χ3v) is 6.56. The van der Waals surface area contributed by atoms with Gasteiger partial charge in [0.05, 0.1) is 25.5 Å². The lowest BCUT2D eigenvalue weighted by atomic mass is 10.0. The monoisotopic (exact) mass is 453 g/mol. The summed E-state index contributed by atoms with van der Waals surface area (Å²) in [5, 5.41) is 15.1. The van der Waals surface area contributed by atoms with E-state index < -0.39 is 5.69 Å². The smallest absolute Gasteiger partial charge is 0.326 e. The van der Waals surface area contributed by atoms with Crippen LogP contribution in [-0.2, 0) is 4.74 Å². The van der Waals surface area contributed by atoms with Gasteiger partial charge in [0.15, 0.2) is 5.65 Å². The van der Waals surface area contributed by atoms with E-state index in [2.05, 4.69) is 24.9 Å². The standard InChI is InChI=1S/C21H27N9O3/c31-18-16(24-21(32)26-18)11-13-12-22-30-17(13)25-19(27-20(30)23-14-1-2-14)29-5-3-15(4-6-29)28-7-9-33-10-8-28/h11-12,14-15,31H,1-10H2,(H2,24,26,32). The molecule has 0 aromatic carbocycles. The van der Waals surface area contributed by atoms with Crippen LogP contribution in [0, 0.1) is 0 Å². The number of fused-ring (bicyclic) bond motifs is 1. The molecule has 2 saturated heterocycles. The van der Waals surface area contributed by atoms with Crippen LogP contribution in [0.25, 0.3) is 11.7 Å². The third-order valence-electron chi connectivity index (χ3n) is 6.56. The molecule has 5 heterocycles. The van der Waals surface area contributed by atoms with Gasteiger partial charge < -0.3 is 19.7 Å². The Morgan fingerprint density at radius 1 is 1.09 bits per heavy atom. The molecule has 0 amide bonds. The van der Waals surface area contributed by atoms with Crippen LogP contribution in [0.15, 0.2) is 16.0 Å². The quantitative estimate of drug-likeness (QED) is 0.446. The summed E-state index contributed by atoms with van der Waals surface area (Å²) in [6, 6.07) is 0.849. The minimum atomic E-state index is -0.474. The highest BCUT2D eigenvalue weighted by molar-refractivity contribution is 5.57. The van der Waals surface area contributed by atoms with Gasteiger partial charge in [-0.3, -0.25) is 9.88 Å². The van der Waals surface area contributed by atoms with Gasteiger partial charge in [-0.15, -0.1) is 0 Å². The van der Waals surface area contributed by atoms with Crippen molar-refractivity contribution < 1.29 is 9.84 Å². The molecule has 3 aromatic rings. The molecule has 1 saturated carbocycles. The predicted molar refractivity (Wildman–Crippen MR) is 119 cm³/mol. The second-order valence-electron chi connectivity index (χ2n) is 8.87. The Morgan fingerprint density at radius 2 is 1.88 bits per heavy atom. The van der Waals surface area contributed by atoms with Crippen molar-refractivity contribution in [2.45, 2.75) is 37.8 Å². The summed E-state index contributed by atoms with van der Waals surface area (Å²) in [6.07, 6.45) is 7.53. The number of nitrogens with zero attached hydrogens (tertiary/aromatic N) is 7. The molecule has 6 rings (SSSR count). The summed E-state index contributed by atoms with van der Waals surface area (Å²) in [7, 11) is 0. The molecule has 174 valence electrons. The maximum atomic E-state index is 11.5. The van der Waals surface area contributed by atoms with Crippen molar-refractivity contribution in [2.75, 3.05) is 44.3 Å². The lowest BCUT2D eigenvalue weighted by molar-refractivity contribution is 0.0114. The number of hydrogen-bond donors (Lipinski definition) is 3. The molecule has 0 radical (unpaired) electrons. The van der Waals surface area contributed by atoms with Crippen molar-refractivity contribution in [3.05, 3.63) is 33.2 Å². The van der Waals surface area contributed by atoms with Crippen molar-refractivity contribution in [3.63, 3.8) is 0 Å². The molecule has 3 N–H and O–H groups in total. The van der Waals surface area contributed by atoms with Gasteiger partial charge in [0, 0.05) is 37.4 Å². The molecular weight excluding hydrogens is 426 g/mol. The molecule has 12 heteroatoms. The summed E-state index contributed by atoms with van der Waals surface area (Å²) in [5.41, 5.74) is 0.940. The summed E-state index contributed by atoms with van der Waals surface area (Å²) < 4.78 is 7.13. The van der Waals surface area contributed by atoms with E-state index in [0.717, 1.165) is 65.1 Å². The first-order chi connectivity index (χ1) is 16.1. The van der Waals surface area contributed by atoms with Crippen molar-refractivity contribution in [2.24, 2.45) is 4.99 Å². The molecule has 1 aliphatic carbocycles.